The summed E-state index contributed by atoms with van der Waals surface area (Å²) in [5.41, 5.74) is 1.90. The van der Waals surface area contributed by atoms with Gasteiger partial charge in [0.15, 0.2) is 0 Å². The first kappa shape index (κ1) is 15.9. The molecule has 0 unspecified atom stereocenters. The van der Waals surface area contributed by atoms with Gasteiger partial charge in [0.1, 0.15) is 0 Å². The van der Waals surface area contributed by atoms with E-state index in [1.54, 1.807) is 20.7 Å². The molecular formula is C19H22N4O2. The van der Waals surface area contributed by atoms with Crippen LogP contribution in [-0.4, -0.2) is 50.5 Å². The minimum atomic E-state index is -0.384. The van der Waals surface area contributed by atoms with E-state index in [1.807, 2.05) is 36.5 Å². The molecule has 2 aliphatic rings. The van der Waals surface area contributed by atoms with E-state index >= 15 is 0 Å². The van der Waals surface area contributed by atoms with E-state index < -0.39 is 0 Å². The smallest absolute Gasteiger partial charge is 0.312 e. The van der Waals surface area contributed by atoms with Crippen molar-refractivity contribution in [2.45, 2.75) is 38.3 Å². The van der Waals surface area contributed by atoms with Crippen LogP contribution in [0, 0.1) is 0 Å². The summed E-state index contributed by atoms with van der Waals surface area (Å²) in [6.45, 7) is 1.66. The first-order valence-electron chi connectivity index (χ1n) is 8.91. The fourth-order valence-electron chi connectivity index (χ4n) is 3.79. The number of carbonyl (C=O) groups is 2. The first-order chi connectivity index (χ1) is 12.2. The first-order valence-corrected chi connectivity index (χ1v) is 8.91. The molecule has 1 aromatic heterocycles. The summed E-state index contributed by atoms with van der Waals surface area (Å²) >= 11 is 0. The lowest BCUT2D eigenvalue weighted by atomic mass is 10.1. The van der Waals surface area contributed by atoms with E-state index in [0.29, 0.717) is 19.6 Å². The Morgan fingerprint density at radius 2 is 1.76 bits per heavy atom. The molecule has 0 atom stereocenters. The fourth-order valence-corrected chi connectivity index (χ4v) is 3.79. The summed E-state index contributed by atoms with van der Waals surface area (Å²) in [7, 11) is 0. The predicted molar refractivity (Wildman–Crippen MR) is 93.0 cm³/mol. The van der Waals surface area contributed by atoms with Gasteiger partial charge in [-0.05, 0) is 25.0 Å². The van der Waals surface area contributed by atoms with Gasteiger partial charge in [0.2, 0.25) is 0 Å². The van der Waals surface area contributed by atoms with Gasteiger partial charge in [-0.1, -0.05) is 31.0 Å². The van der Waals surface area contributed by atoms with Crippen LogP contribution >= 0.6 is 0 Å². The standard InChI is InChI=1S/C19H22N4O2/c24-18-19(25)22(16-6-4-5-7-16)11-10-21(18)13-15-12-20-23(14-15)17-8-2-1-3-9-17/h1-3,8-9,12,14,16H,4-7,10-11,13H2. The number of para-hydroxylation sites is 1. The van der Waals surface area contributed by atoms with Crippen molar-refractivity contribution in [1.29, 1.82) is 0 Å². The number of hydrogen-bond acceptors (Lipinski definition) is 3. The maximum atomic E-state index is 12.5. The lowest BCUT2D eigenvalue weighted by molar-refractivity contribution is -0.158. The Balaban J connectivity index is 1.43. The minimum Gasteiger partial charge on any atom is -0.330 e. The highest BCUT2D eigenvalue weighted by molar-refractivity contribution is 6.35. The van der Waals surface area contributed by atoms with Crippen LogP contribution < -0.4 is 0 Å². The molecule has 130 valence electrons. The lowest BCUT2D eigenvalue weighted by Crippen LogP contribution is -2.56. The summed E-state index contributed by atoms with van der Waals surface area (Å²) in [6, 6.07) is 10.1. The molecule has 6 heteroatoms. The Labute approximate surface area is 147 Å². The second-order valence-corrected chi connectivity index (χ2v) is 6.79. The van der Waals surface area contributed by atoms with Crippen LogP contribution in [0.25, 0.3) is 5.69 Å². The summed E-state index contributed by atoms with van der Waals surface area (Å²) in [5, 5.41) is 4.36. The Hall–Kier alpha value is -2.63. The zero-order valence-electron chi connectivity index (χ0n) is 14.2. The molecule has 2 amide bonds. The van der Waals surface area contributed by atoms with Crippen LogP contribution in [0.2, 0.25) is 0 Å². The molecule has 0 spiro atoms. The predicted octanol–water partition coefficient (Wildman–Crippen LogP) is 1.99. The molecule has 1 aliphatic heterocycles. The van der Waals surface area contributed by atoms with Crippen molar-refractivity contribution in [3.63, 3.8) is 0 Å². The van der Waals surface area contributed by atoms with E-state index in [-0.39, 0.29) is 17.9 Å². The van der Waals surface area contributed by atoms with Gasteiger partial charge < -0.3 is 9.80 Å². The highest BCUT2D eigenvalue weighted by atomic mass is 16.2. The number of amides is 2. The van der Waals surface area contributed by atoms with Crippen molar-refractivity contribution in [2.75, 3.05) is 13.1 Å². The summed E-state index contributed by atoms with van der Waals surface area (Å²) in [6.07, 6.45) is 8.05. The Morgan fingerprint density at radius 1 is 1.00 bits per heavy atom. The Morgan fingerprint density at radius 3 is 2.52 bits per heavy atom. The number of nitrogens with zero attached hydrogens (tertiary/aromatic N) is 4. The molecule has 1 saturated carbocycles. The molecule has 25 heavy (non-hydrogen) atoms. The maximum absolute atomic E-state index is 12.5. The topological polar surface area (TPSA) is 58.4 Å². The quantitative estimate of drug-likeness (QED) is 0.801. The van der Waals surface area contributed by atoms with Gasteiger partial charge in [0.25, 0.3) is 0 Å². The van der Waals surface area contributed by atoms with Gasteiger partial charge in [-0.15, -0.1) is 0 Å². The van der Waals surface area contributed by atoms with Crippen molar-refractivity contribution in [3.8, 4) is 5.69 Å². The van der Waals surface area contributed by atoms with Crippen LogP contribution in [0.1, 0.15) is 31.2 Å². The lowest BCUT2D eigenvalue weighted by Gasteiger charge is -2.37. The number of benzene rings is 1. The van der Waals surface area contributed by atoms with Crippen molar-refractivity contribution in [1.82, 2.24) is 19.6 Å². The van der Waals surface area contributed by atoms with Gasteiger partial charge in [0, 0.05) is 37.4 Å². The van der Waals surface area contributed by atoms with Crippen LogP contribution in [0.4, 0.5) is 0 Å². The second kappa shape index (κ2) is 6.70. The molecule has 1 aromatic carbocycles. The summed E-state index contributed by atoms with van der Waals surface area (Å²) in [5.74, 6) is -0.723. The zero-order chi connectivity index (χ0) is 17.2. The number of piperazine rings is 1. The number of hydrogen-bond donors (Lipinski definition) is 0. The maximum Gasteiger partial charge on any atom is 0.312 e. The third kappa shape index (κ3) is 3.16. The van der Waals surface area contributed by atoms with E-state index in [9.17, 15) is 9.59 Å². The van der Waals surface area contributed by atoms with Crippen LogP contribution in [0.3, 0.4) is 0 Å². The molecule has 4 rings (SSSR count). The monoisotopic (exact) mass is 338 g/mol. The zero-order valence-corrected chi connectivity index (χ0v) is 14.2. The molecule has 2 fully saturated rings. The molecule has 1 aliphatic carbocycles. The van der Waals surface area contributed by atoms with Crippen LogP contribution in [0.5, 0.6) is 0 Å². The number of aromatic nitrogens is 2. The van der Waals surface area contributed by atoms with Crippen LogP contribution in [0.15, 0.2) is 42.7 Å². The van der Waals surface area contributed by atoms with Crippen molar-refractivity contribution in [3.05, 3.63) is 48.3 Å². The fraction of sp³-hybridized carbons (Fsp3) is 0.421. The van der Waals surface area contributed by atoms with Crippen LogP contribution in [-0.2, 0) is 16.1 Å². The Kier molecular flexibility index (Phi) is 4.26. The Bertz CT molecular complexity index is 765. The van der Waals surface area contributed by atoms with Gasteiger partial charge >= 0.3 is 11.8 Å². The van der Waals surface area contributed by atoms with E-state index in [0.717, 1.165) is 36.9 Å². The molecule has 1 saturated heterocycles. The third-order valence-corrected chi connectivity index (χ3v) is 5.14. The average Bonchev–Trinajstić information content (AvgIpc) is 3.32. The van der Waals surface area contributed by atoms with E-state index in [2.05, 4.69) is 5.10 Å². The van der Waals surface area contributed by atoms with Crippen molar-refractivity contribution < 1.29 is 9.59 Å². The number of rotatable bonds is 4. The van der Waals surface area contributed by atoms with Gasteiger partial charge in [-0.3, -0.25) is 9.59 Å². The molecule has 2 aromatic rings. The highest BCUT2D eigenvalue weighted by Crippen LogP contribution is 2.25. The van der Waals surface area contributed by atoms with Crippen molar-refractivity contribution in [2.24, 2.45) is 0 Å². The van der Waals surface area contributed by atoms with Gasteiger partial charge in [0.05, 0.1) is 11.9 Å². The van der Waals surface area contributed by atoms with E-state index in [1.165, 1.54) is 0 Å². The van der Waals surface area contributed by atoms with E-state index in [4.69, 9.17) is 0 Å². The molecular weight excluding hydrogens is 316 g/mol. The van der Waals surface area contributed by atoms with Gasteiger partial charge in [-0.2, -0.15) is 5.10 Å². The normalized spacial score (nSPS) is 19.0. The highest BCUT2D eigenvalue weighted by Gasteiger charge is 2.37. The molecule has 0 N–H and O–H groups in total. The average molecular weight is 338 g/mol. The second-order valence-electron chi connectivity index (χ2n) is 6.79. The summed E-state index contributed by atoms with van der Waals surface area (Å²) < 4.78 is 1.79. The van der Waals surface area contributed by atoms with Crippen molar-refractivity contribution >= 4 is 11.8 Å². The number of carbonyl (C=O) groups excluding carboxylic acids is 2. The third-order valence-electron chi connectivity index (χ3n) is 5.14. The largest absolute Gasteiger partial charge is 0.330 e. The summed E-state index contributed by atoms with van der Waals surface area (Å²) in [4.78, 5) is 28.4. The molecule has 2 heterocycles. The molecule has 6 nitrogen and oxygen atoms in total. The SMILES string of the molecule is O=C1C(=O)N(C2CCCC2)CCN1Cc1cnn(-c2ccccc2)c1. The minimum absolute atomic E-state index is 0.263. The molecule has 0 bridgehead atoms. The molecule has 0 radical (unpaired) electrons. The van der Waals surface area contributed by atoms with Gasteiger partial charge in [-0.25, -0.2) is 4.68 Å².